The average Bonchev–Trinajstić information content (AvgIpc) is 3.55. The van der Waals surface area contributed by atoms with Crippen LogP contribution < -0.4 is 15.9 Å². The number of methoxy groups -OCH3 is 1. The van der Waals surface area contributed by atoms with Crippen LogP contribution in [0.3, 0.4) is 0 Å². The van der Waals surface area contributed by atoms with Gasteiger partial charge in [0, 0.05) is 24.4 Å². The quantitative estimate of drug-likeness (QED) is 0.345. The Labute approximate surface area is 183 Å². The first-order valence-corrected chi connectivity index (χ1v) is 9.84. The first-order chi connectivity index (χ1) is 15.7. The number of imidazole rings is 1. The molecular weight excluding hydrogens is 437 g/mol. The van der Waals surface area contributed by atoms with E-state index in [1.807, 2.05) is 0 Å². The van der Waals surface area contributed by atoms with Crippen LogP contribution in [0.5, 0.6) is 5.75 Å². The summed E-state index contributed by atoms with van der Waals surface area (Å²) in [6.07, 6.45) is 2.76. The number of nitro groups is 1. The van der Waals surface area contributed by atoms with E-state index < -0.39 is 27.7 Å². The highest BCUT2D eigenvalue weighted by Crippen LogP contribution is 2.43. The van der Waals surface area contributed by atoms with E-state index in [2.05, 4.69) is 4.98 Å². The van der Waals surface area contributed by atoms with E-state index in [0.29, 0.717) is 0 Å². The van der Waals surface area contributed by atoms with E-state index in [4.69, 9.17) is 10.5 Å². The molecular formula is C21H16FN5O6. The van der Waals surface area contributed by atoms with Gasteiger partial charge in [-0.3, -0.25) is 19.5 Å². The largest absolute Gasteiger partial charge is 0.492 e. The topological polar surface area (TPSA) is 156 Å². The number of benzene rings is 2. The maximum Gasteiger partial charge on any atom is 0.341 e. The number of hydrogen-bond acceptors (Lipinski definition) is 7. The molecule has 0 aliphatic heterocycles. The maximum atomic E-state index is 15.5. The number of hydrogen-bond donors (Lipinski definition) is 2. The molecule has 1 saturated carbocycles. The number of nitrogens with zero attached hydrogens (tertiary/aromatic N) is 4. The van der Waals surface area contributed by atoms with E-state index in [1.165, 1.54) is 36.1 Å². The van der Waals surface area contributed by atoms with E-state index in [1.54, 1.807) is 4.57 Å². The molecule has 12 heteroatoms. The lowest BCUT2D eigenvalue weighted by molar-refractivity contribution is -0.384. The Morgan fingerprint density at radius 2 is 2.09 bits per heavy atom. The van der Waals surface area contributed by atoms with E-state index in [9.17, 15) is 24.8 Å². The lowest BCUT2D eigenvalue weighted by atomic mass is 10.1. The predicted octanol–water partition coefficient (Wildman–Crippen LogP) is 3.01. The molecule has 1 fully saturated rings. The van der Waals surface area contributed by atoms with Crippen LogP contribution in [0.4, 0.5) is 16.0 Å². The van der Waals surface area contributed by atoms with Crippen molar-refractivity contribution in [3.8, 4) is 11.4 Å². The number of ether oxygens (including phenoxy) is 1. The first kappa shape index (κ1) is 20.4. The first-order valence-electron chi connectivity index (χ1n) is 9.84. The van der Waals surface area contributed by atoms with Gasteiger partial charge in [0.05, 0.1) is 34.0 Å². The van der Waals surface area contributed by atoms with Crippen molar-refractivity contribution in [2.24, 2.45) is 0 Å². The minimum atomic E-state index is -1.41. The van der Waals surface area contributed by atoms with Gasteiger partial charge in [-0.2, -0.15) is 0 Å². The summed E-state index contributed by atoms with van der Waals surface area (Å²) >= 11 is 0. The molecule has 2 aromatic heterocycles. The van der Waals surface area contributed by atoms with Gasteiger partial charge < -0.3 is 20.1 Å². The Kier molecular flexibility index (Phi) is 4.34. The fourth-order valence-electron chi connectivity index (χ4n) is 4.07. The Morgan fingerprint density at radius 1 is 1.36 bits per heavy atom. The number of fused-ring (bicyclic) bond motifs is 2. The molecule has 33 heavy (non-hydrogen) atoms. The Balaban J connectivity index is 1.90. The third kappa shape index (κ3) is 2.98. The van der Waals surface area contributed by atoms with Gasteiger partial charge in [0.25, 0.3) is 5.69 Å². The molecule has 3 N–H and O–H groups in total. The summed E-state index contributed by atoms with van der Waals surface area (Å²) in [6, 6.07) is 4.73. The number of nitro benzene ring substituents is 1. The molecule has 2 heterocycles. The molecule has 0 saturated heterocycles. The highest BCUT2D eigenvalue weighted by Gasteiger charge is 2.31. The van der Waals surface area contributed by atoms with Crippen molar-refractivity contribution in [1.29, 1.82) is 0 Å². The number of pyridine rings is 1. The number of aromatic carboxylic acids is 1. The second-order valence-electron chi connectivity index (χ2n) is 7.69. The van der Waals surface area contributed by atoms with Crippen LogP contribution in [0.2, 0.25) is 0 Å². The zero-order chi connectivity index (χ0) is 23.6. The van der Waals surface area contributed by atoms with Crippen molar-refractivity contribution in [2.75, 3.05) is 12.8 Å². The minimum absolute atomic E-state index is 0.0321. The van der Waals surface area contributed by atoms with Crippen molar-refractivity contribution in [1.82, 2.24) is 14.1 Å². The van der Waals surface area contributed by atoms with Crippen LogP contribution in [0.25, 0.3) is 27.6 Å². The number of carboxylic acid groups (broad SMARTS) is 1. The SMILES string of the molecule is COc1c(-n2c(N)nc3cc([N+](=O)[O-])ccc32)c(F)cc2c(=O)c(C(=O)O)cn(C3CC3)c12. The van der Waals surface area contributed by atoms with Crippen LogP contribution in [-0.2, 0) is 0 Å². The summed E-state index contributed by atoms with van der Waals surface area (Å²) in [7, 11) is 1.30. The van der Waals surface area contributed by atoms with Gasteiger partial charge in [-0.05, 0) is 25.0 Å². The number of rotatable bonds is 5. The van der Waals surface area contributed by atoms with E-state index in [-0.39, 0.29) is 51.1 Å². The minimum Gasteiger partial charge on any atom is -0.492 e. The summed E-state index contributed by atoms with van der Waals surface area (Å²) in [6.45, 7) is 0. The van der Waals surface area contributed by atoms with Crippen LogP contribution in [-0.4, -0.2) is 37.2 Å². The second kappa shape index (κ2) is 7.02. The molecule has 168 valence electrons. The zero-order valence-electron chi connectivity index (χ0n) is 17.1. The highest BCUT2D eigenvalue weighted by atomic mass is 19.1. The second-order valence-corrected chi connectivity index (χ2v) is 7.69. The van der Waals surface area contributed by atoms with Gasteiger partial charge in [-0.1, -0.05) is 0 Å². The molecule has 5 rings (SSSR count). The zero-order valence-corrected chi connectivity index (χ0v) is 17.1. The molecule has 1 aliphatic carbocycles. The summed E-state index contributed by atoms with van der Waals surface area (Å²) in [5.74, 6) is -2.49. The smallest absolute Gasteiger partial charge is 0.341 e. The lowest BCUT2D eigenvalue weighted by Gasteiger charge is -2.19. The lowest BCUT2D eigenvalue weighted by Crippen LogP contribution is -2.20. The molecule has 11 nitrogen and oxygen atoms in total. The Morgan fingerprint density at radius 3 is 2.70 bits per heavy atom. The number of halogens is 1. The summed E-state index contributed by atoms with van der Waals surface area (Å²) < 4.78 is 23.9. The van der Waals surface area contributed by atoms with Gasteiger partial charge >= 0.3 is 5.97 Å². The van der Waals surface area contributed by atoms with Crippen molar-refractivity contribution in [3.63, 3.8) is 0 Å². The average molecular weight is 453 g/mol. The van der Waals surface area contributed by atoms with Gasteiger partial charge in [-0.25, -0.2) is 14.2 Å². The molecule has 0 unspecified atom stereocenters. The van der Waals surface area contributed by atoms with E-state index >= 15 is 4.39 Å². The maximum absolute atomic E-state index is 15.5. The van der Waals surface area contributed by atoms with Crippen LogP contribution >= 0.6 is 0 Å². The summed E-state index contributed by atoms with van der Waals surface area (Å²) in [5, 5.41) is 20.4. The summed E-state index contributed by atoms with van der Waals surface area (Å²) in [4.78, 5) is 39.1. The molecule has 2 aromatic carbocycles. The standard InChI is InChI=1S/C21H16FN5O6/c1-33-19-16-11(18(28)12(20(29)30)8-25(16)9-2-3-9)7-13(22)17(19)26-15-5-4-10(27(31)32)6-14(15)24-21(26)23/h4-9H,2-3H2,1H3,(H2,23,24)(H,29,30). The van der Waals surface area contributed by atoms with Crippen molar-refractivity contribution >= 4 is 39.5 Å². The Bertz CT molecular complexity index is 1570. The number of nitrogen functional groups attached to an aromatic ring is 1. The third-order valence-electron chi connectivity index (χ3n) is 5.67. The van der Waals surface area contributed by atoms with E-state index in [0.717, 1.165) is 18.9 Å². The molecule has 0 atom stereocenters. The van der Waals surface area contributed by atoms with Crippen molar-refractivity contribution in [3.05, 3.63) is 62.2 Å². The number of carboxylic acids is 1. The molecule has 1 aliphatic rings. The molecule has 0 spiro atoms. The highest BCUT2D eigenvalue weighted by molar-refractivity contribution is 5.97. The fourth-order valence-corrected chi connectivity index (χ4v) is 4.07. The van der Waals surface area contributed by atoms with Crippen LogP contribution in [0.1, 0.15) is 29.2 Å². The molecule has 0 amide bonds. The van der Waals surface area contributed by atoms with Crippen molar-refractivity contribution < 1.29 is 24.0 Å². The normalized spacial score (nSPS) is 13.5. The van der Waals surface area contributed by atoms with Crippen molar-refractivity contribution in [2.45, 2.75) is 18.9 Å². The Hall–Kier alpha value is -4.48. The van der Waals surface area contributed by atoms with Gasteiger partial charge in [0.1, 0.15) is 11.3 Å². The number of non-ortho nitro benzene ring substituents is 1. The predicted molar refractivity (Wildman–Crippen MR) is 116 cm³/mol. The monoisotopic (exact) mass is 453 g/mol. The molecule has 4 aromatic rings. The molecule has 0 bridgehead atoms. The number of nitrogens with two attached hydrogens (primary N) is 1. The number of anilines is 1. The van der Waals surface area contributed by atoms with Gasteiger partial charge in [0.2, 0.25) is 11.4 Å². The summed E-state index contributed by atoms with van der Waals surface area (Å²) in [5.41, 5.74) is 5.10. The fraction of sp³-hybridized carbons (Fsp3) is 0.190. The van der Waals surface area contributed by atoms with Crippen LogP contribution in [0, 0.1) is 15.9 Å². The van der Waals surface area contributed by atoms with Gasteiger partial charge in [0.15, 0.2) is 11.6 Å². The number of carbonyl (C=O) groups is 1. The molecule has 0 radical (unpaired) electrons. The van der Waals surface area contributed by atoms with Gasteiger partial charge in [-0.15, -0.1) is 0 Å². The number of aromatic nitrogens is 3. The van der Waals surface area contributed by atoms with Crippen LogP contribution in [0.15, 0.2) is 35.3 Å². The third-order valence-corrected chi connectivity index (χ3v) is 5.67.